The van der Waals surface area contributed by atoms with Crippen LogP contribution in [0.2, 0.25) is 0 Å². The van der Waals surface area contributed by atoms with E-state index in [2.05, 4.69) is 4.98 Å². The van der Waals surface area contributed by atoms with E-state index in [1.54, 1.807) is 0 Å². The summed E-state index contributed by atoms with van der Waals surface area (Å²) in [5.74, 6) is 0.685. The van der Waals surface area contributed by atoms with Gasteiger partial charge in [0.15, 0.2) is 6.79 Å². The molecule has 0 radical (unpaired) electrons. The third-order valence-electron chi connectivity index (χ3n) is 1.76. The predicted octanol–water partition coefficient (Wildman–Crippen LogP) is 1.50. The van der Waals surface area contributed by atoms with Crippen LogP contribution in [0, 0.1) is 0 Å². The number of aliphatic hydroxyl groups is 1. The fourth-order valence-electron chi connectivity index (χ4n) is 1.20. The van der Waals surface area contributed by atoms with E-state index >= 15 is 0 Å². The van der Waals surface area contributed by atoms with Gasteiger partial charge in [-0.15, -0.1) is 0 Å². The van der Waals surface area contributed by atoms with Crippen molar-refractivity contribution >= 4 is 10.9 Å². The van der Waals surface area contributed by atoms with E-state index in [0.717, 1.165) is 10.9 Å². The Balaban J connectivity index is 2.46. The Labute approximate surface area is 69.6 Å². The minimum absolute atomic E-state index is 0.282. The lowest BCUT2D eigenvalue weighted by atomic mass is 10.2. The average Bonchev–Trinajstić information content (AvgIpc) is 2.51. The first-order valence-electron chi connectivity index (χ1n) is 3.71. The molecular weight excluding hydrogens is 154 g/mol. The third kappa shape index (κ3) is 1.14. The Morgan fingerprint density at radius 1 is 1.33 bits per heavy atom. The van der Waals surface area contributed by atoms with Crippen molar-refractivity contribution in [1.29, 1.82) is 0 Å². The standard InChI is InChI=1S/C9H9NO2/c11-6-12-8-1-2-9-7(5-8)3-4-10-9/h1-5,10-11H,6H2. The number of rotatable bonds is 2. The lowest BCUT2D eigenvalue weighted by Gasteiger charge is -2.00. The molecule has 0 saturated heterocycles. The van der Waals surface area contributed by atoms with Gasteiger partial charge in [0.2, 0.25) is 0 Å². The van der Waals surface area contributed by atoms with Gasteiger partial charge < -0.3 is 14.8 Å². The molecule has 0 aliphatic carbocycles. The summed E-state index contributed by atoms with van der Waals surface area (Å²) in [5, 5.41) is 9.60. The maximum atomic E-state index is 8.51. The monoisotopic (exact) mass is 163 g/mol. The summed E-state index contributed by atoms with van der Waals surface area (Å²) in [6, 6.07) is 7.57. The number of aromatic nitrogens is 1. The van der Waals surface area contributed by atoms with Gasteiger partial charge in [0, 0.05) is 17.1 Å². The molecule has 0 fully saturated rings. The molecule has 0 aliphatic heterocycles. The van der Waals surface area contributed by atoms with Crippen LogP contribution in [-0.2, 0) is 0 Å². The lowest BCUT2D eigenvalue weighted by molar-refractivity contribution is 0.0987. The summed E-state index contributed by atoms with van der Waals surface area (Å²) in [5.41, 5.74) is 1.07. The zero-order chi connectivity index (χ0) is 8.39. The van der Waals surface area contributed by atoms with Crippen molar-refractivity contribution in [2.75, 3.05) is 6.79 Å². The molecule has 0 amide bonds. The second kappa shape index (κ2) is 2.87. The van der Waals surface area contributed by atoms with E-state index < -0.39 is 0 Å². The highest BCUT2D eigenvalue weighted by atomic mass is 16.6. The molecule has 1 heterocycles. The van der Waals surface area contributed by atoms with Crippen LogP contribution in [-0.4, -0.2) is 16.9 Å². The third-order valence-corrected chi connectivity index (χ3v) is 1.76. The van der Waals surface area contributed by atoms with Crippen LogP contribution in [0.3, 0.4) is 0 Å². The highest BCUT2D eigenvalue weighted by Crippen LogP contribution is 2.19. The van der Waals surface area contributed by atoms with Gasteiger partial charge in [0.25, 0.3) is 0 Å². The molecule has 2 aromatic rings. The summed E-state index contributed by atoms with van der Waals surface area (Å²) in [6.45, 7) is -0.282. The van der Waals surface area contributed by atoms with Gasteiger partial charge in [-0.1, -0.05) is 0 Å². The number of H-pyrrole nitrogens is 1. The quantitative estimate of drug-likeness (QED) is 0.659. The number of aliphatic hydroxyl groups excluding tert-OH is 1. The highest BCUT2D eigenvalue weighted by Gasteiger charge is 1.96. The molecule has 12 heavy (non-hydrogen) atoms. The topological polar surface area (TPSA) is 45.2 Å². The molecule has 0 saturated carbocycles. The van der Waals surface area contributed by atoms with Crippen molar-refractivity contribution in [3.05, 3.63) is 30.5 Å². The van der Waals surface area contributed by atoms with Crippen LogP contribution in [0.1, 0.15) is 0 Å². The van der Waals surface area contributed by atoms with Gasteiger partial charge in [-0.3, -0.25) is 0 Å². The minimum atomic E-state index is -0.282. The zero-order valence-corrected chi connectivity index (χ0v) is 6.45. The van der Waals surface area contributed by atoms with E-state index in [9.17, 15) is 0 Å². The van der Waals surface area contributed by atoms with Crippen molar-refractivity contribution in [3.63, 3.8) is 0 Å². The summed E-state index contributed by atoms with van der Waals surface area (Å²) in [4.78, 5) is 3.07. The van der Waals surface area contributed by atoms with Gasteiger partial charge in [0.05, 0.1) is 0 Å². The molecule has 1 aromatic heterocycles. The zero-order valence-electron chi connectivity index (χ0n) is 6.45. The van der Waals surface area contributed by atoms with Crippen molar-refractivity contribution in [2.24, 2.45) is 0 Å². The highest BCUT2D eigenvalue weighted by molar-refractivity contribution is 5.80. The van der Waals surface area contributed by atoms with Crippen LogP contribution >= 0.6 is 0 Å². The van der Waals surface area contributed by atoms with Crippen LogP contribution in [0.15, 0.2) is 30.5 Å². The number of hydrogen-bond donors (Lipinski definition) is 2. The first-order chi connectivity index (χ1) is 5.90. The predicted molar refractivity (Wildman–Crippen MR) is 46.0 cm³/mol. The van der Waals surface area contributed by atoms with Crippen LogP contribution < -0.4 is 4.74 Å². The number of nitrogens with one attached hydrogen (secondary N) is 1. The first-order valence-corrected chi connectivity index (χ1v) is 3.71. The number of hydrogen-bond acceptors (Lipinski definition) is 2. The summed E-state index contributed by atoms with van der Waals surface area (Å²) >= 11 is 0. The van der Waals surface area contributed by atoms with Gasteiger partial charge >= 0.3 is 0 Å². The number of benzene rings is 1. The maximum absolute atomic E-state index is 8.51. The Morgan fingerprint density at radius 3 is 3.08 bits per heavy atom. The van der Waals surface area contributed by atoms with Gasteiger partial charge in [-0.05, 0) is 24.3 Å². The van der Waals surface area contributed by atoms with Gasteiger partial charge in [-0.2, -0.15) is 0 Å². The van der Waals surface area contributed by atoms with E-state index in [1.807, 2.05) is 30.5 Å². The second-order valence-corrected chi connectivity index (χ2v) is 2.50. The van der Waals surface area contributed by atoms with Crippen molar-refractivity contribution in [2.45, 2.75) is 0 Å². The van der Waals surface area contributed by atoms with Crippen LogP contribution in [0.4, 0.5) is 0 Å². The normalized spacial score (nSPS) is 10.4. The molecule has 3 heteroatoms. The fraction of sp³-hybridized carbons (Fsp3) is 0.111. The molecule has 0 aliphatic rings. The Morgan fingerprint density at radius 2 is 2.25 bits per heavy atom. The summed E-state index contributed by atoms with van der Waals surface area (Å²) < 4.78 is 4.92. The molecule has 0 unspecified atom stereocenters. The van der Waals surface area contributed by atoms with Crippen molar-refractivity contribution < 1.29 is 9.84 Å². The second-order valence-electron chi connectivity index (χ2n) is 2.50. The summed E-state index contributed by atoms with van der Waals surface area (Å²) in [7, 11) is 0. The van der Waals surface area contributed by atoms with Crippen molar-refractivity contribution in [1.82, 2.24) is 4.98 Å². The van der Waals surface area contributed by atoms with E-state index in [-0.39, 0.29) is 6.79 Å². The van der Waals surface area contributed by atoms with Crippen LogP contribution in [0.5, 0.6) is 5.75 Å². The van der Waals surface area contributed by atoms with E-state index in [0.29, 0.717) is 5.75 Å². The molecule has 0 bridgehead atoms. The first kappa shape index (κ1) is 7.18. The maximum Gasteiger partial charge on any atom is 0.186 e. The Kier molecular flexibility index (Phi) is 1.72. The Hall–Kier alpha value is -1.48. The van der Waals surface area contributed by atoms with Crippen molar-refractivity contribution in [3.8, 4) is 5.75 Å². The number of ether oxygens (including phenoxy) is 1. The lowest BCUT2D eigenvalue weighted by Crippen LogP contribution is -1.93. The average molecular weight is 163 g/mol. The Bertz CT molecular complexity index is 381. The molecule has 0 atom stereocenters. The molecule has 2 rings (SSSR count). The molecule has 0 spiro atoms. The summed E-state index contributed by atoms with van der Waals surface area (Å²) in [6.07, 6.45) is 1.87. The largest absolute Gasteiger partial charge is 0.468 e. The van der Waals surface area contributed by atoms with E-state index in [1.165, 1.54) is 0 Å². The molecule has 2 N–H and O–H groups in total. The smallest absolute Gasteiger partial charge is 0.186 e. The fourth-order valence-corrected chi connectivity index (χ4v) is 1.20. The van der Waals surface area contributed by atoms with Crippen LogP contribution in [0.25, 0.3) is 10.9 Å². The minimum Gasteiger partial charge on any atom is -0.468 e. The van der Waals surface area contributed by atoms with E-state index in [4.69, 9.17) is 9.84 Å². The molecular formula is C9H9NO2. The molecule has 3 nitrogen and oxygen atoms in total. The molecule has 1 aromatic carbocycles. The SMILES string of the molecule is OCOc1ccc2[nH]ccc2c1. The number of fused-ring (bicyclic) bond motifs is 1. The number of aromatic amines is 1. The molecule has 62 valence electrons. The van der Waals surface area contributed by atoms with Gasteiger partial charge in [0.1, 0.15) is 5.75 Å². The van der Waals surface area contributed by atoms with Gasteiger partial charge in [-0.25, -0.2) is 0 Å².